The van der Waals surface area contributed by atoms with Crippen LogP contribution in [0.2, 0.25) is 0 Å². The molecule has 2 aliphatic rings. The molecule has 1 amide bonds. The van der Waals surface area contributed by atoms with Crippen LogP contribution >= 0.6 is 0 Å². The molecule has 0 aromatic heterocycles. The lowest BCUT2D eigenvalue weighted by molar-refractivity contribution is -0.385. The van der Waals surface area contributed by atoms with Crippen molar-refractivity contribution in [3.63, 3.8) is 0 Å². The molecule has 0 unspecified atom stereocenters. The molecule has 0 saturated carbocycles. The van der Waals surface area contributed by atoms with E-state index in [0.717, 1.165) is 25.7 Å². The predicted octanol–water partition coefficient (Wildman–Crippen LogP) is 4.06. The third kappa shape index (κ3) is 5.03. The average Bonchev–Trinajstić information content (AvgIpc) is 3.07. The van der Waals surface area contributed by atoms with Crippen LogP contribution in [0.3, 0.4) is 0 Å². The van der Waals surface area contributed by atoms with Gasteiger partial charge in [0.2, 0.25) is 0 Å². The van der Waals surface area contributed by atoms with Crippen LogP contribution in [0.5, 0.6) is 5.75 Å². The molecule has 1 aromatic carbocycles. The number of hydrogen-bond acceptors (Lipinski definition) is 7. The number of nitro benzene ring substituents is 1. The zero-order valence-corrected chi connectivity index (χ0v) is 19.0. The highest BCUT2D eigenvalue weighted by molar-refractivity contribution is 5.91. The Kier molecular flexibility index (Phi) is 7.06. The lowest BCUT2D eigenvalue weighted by Gasteiger charge is -2.46. The van der Waals surface area contributed by atoms with Crippen LogP contribution in [0, 0.1) is 10.1 Å². The molecule has 2 atom stereocenters. The first-order chi connectivity index (χ1) is 15.1. The average molecular weight is 447 g/mol. The predicted molar refractivity (Wildman–Crippen MR) is 116 cm³/mol. The lowest BCUT2D eigenvalue weighted by Crippen LogP contribution is -2.55. The van der Waals surface area contributed by atoms with Crippen molar-refractivity contribution < 1.29 is 28.7 Å². The fourth-order valence-corrected chi connectivity index (χ4v) is 4.14. The van der Waals surface area contributed by atoms with Gasteiger partial charge in [-0.1, -0.05) is 26.2 Å². The first-order valence-corrected chi connectivity index (χ1v) is 10.9. The van der Waals surface area contributed by atoms with E-state index in [4.69, 9.17) is 14.2 Å². The second kappa shape index (κ2) is 9.58. The van der Waals surface area contributed by atoms with Crippen LogP contribution in [0.15, 0.2) is 30.0 Å². The van der Waals surface area contributed by atoms with Gasteiger partial charge in [-0.05, 0) is 26.3 Å². The second-order valence-electron chi connectivity index (χ2n) is 8.65. The molecule has 1 aromatic rings. The summed E-state index contributed by atoms with van der Waals surface area (Å²) in [5.41, 5.74) is -0.676. The fraction of sp³-hybridized carbons (Fsp3) is 0.565. The van der Waals surface area contributed by atoms with Gasteiger partial charge < -0.3 is 19.1 Å². The van der Waals surface area contributed by atoms with E-state index >= 15 is 0 Å². The molecule has 0 saturated heterocycles. The van der Waals surface area contributed by atoms with Crippen LogP contribution in [0.25, 0.3) is 0 Å². The van der Waals surface area contributed by atoms with Crippen LogP contribution in [0.1, 0.15) is 65.0 Å². The molecule has 0 fully saturated rings. The van der Waals surface area contributed by atoms with Gasteiger partial charge in [0.1, 0.15) is 23.2 Å². The minimum Gasteiger partial charge on any atom is -0.496 e. The van der Waals surface area contributed by atoms with Crippen molar-refractivity contribution >= 4 is 17.6 Å². The van der Waals surface area contributed by atoms with Gasteiger partial charge in [-0.25, -0.2) is 0 Å². The molecule has 3 rings (SSSR count). The summed E-state index contributed by atoms with van der Waals surface area (Å²) in [5, 5.41) is 11.4. The molecule has 0 aliphatic carbocycles. The zero-order chi connectivity index (χ0) is 23.5. The van der Waals surface area contributed by atoms with Crippen molar-refractivity contribution in [1.82, 2.24) is 4.90 Å². The van der Waals surface area contributed by atoms with E-state index in [2.05, 4.69) is 6.92 Å². The fourth-order valence-electron chi connectivity index (χ4n) is 4.14. The highest BCUT2D eigenvalue weighted by Gasteiger charge is 2.51. The van der Waals surface area contributed by atoms with Gasteiger partial charge in [-0.15, -0.1) is 0 Å². The Balaban J connectivity index is 1.91. The minimum atomic E-state index is -0.969. The minimum absolute atomic E-state index is 0.134. The molecular weight excluding hydrogens is 416 g/mol. The maximum Gasteiger partial charge on any atom is 0.303 e. The second-order valence-corrected chi connectivity index (χ2v) is 8.65. The Labute approximate surface area is 187 Å². The number of carbonyl (C=O) groups excluding carboxylic acids is 2. The number of unbranched alkanes of at least 4 members (excludes halogenated alkanes) is 3. The molecule has 174 valence electrons. The van der Waals surface area contributed by atoms with Crippen LogP contribution in [-0.2, 0) is 19.1 Å². The molecule has 2 aliphatic heterocycles. The first-order valence-electron chi connectivity index (χ1n) is 10.9. The smallest absolute Gasteiger partial charge is 0.303 e. The summed E-state index contributed by atoms with van der Waals surface area (Å²) in [6.45, 7) is 7.64. The molecular formula is C23H30N2O7. The molecule has 32 heavy (non-hydrogen) atoms. The molecule has 9 nitrogen and oxygen atoms in total. The third-order valence-electron chi connectivity index (χ3n) is 5.68. The maximum atomic E-state index is 12.9. The van der Waals surface area contributed by atoms with Crippen molar-refractivity contribution in [3.8, 4) is 5.75 Å². The van der Waals surface area contributed by atoms with Gasteiger partial charge in [0.25, 0.3) is 11.6 Å². The Morgan fingerprint density at radius 1 is 1.31 bits per heavy atom. The zero-order valence-electron chi connectivity index (χ0n) is 19.0. The summed E-state index contributed by atoms with van der Waals surface area (Å²) in [7, 11) is 0. The normalized spacial score (nSPS) is 21.4. The van der Waals surface area contributed by atoms with Crippen LogP contribution in [-0.4, -0.2) is 46.6 Å². The standard InChI is InChI=1S/C23H30N2O7/c1-5-6-7-8-11-30-17-13-20(27)24(14-17)21-18-12-16(25(28)29)9-10-19(18)32-23(3,4)22(21)31-15(2)26/h9-10,12-13,21-22H,5-8,11,14H2,1-4H3/t21-,22+/m1/s1. The number of amides is 1. The number of nitro groups is 1. The summed E-state index contributed by atoms with van der Waals surface area (Å²) < 4.78 is 17.5. The maximum absolute atomic E-state index is 12.9. The summed E-state index contributed by atoms with van der Waals surface area (Å²) in [6, 6.07) is 3.49. The van der Waals surface area contributed by atoms with Crippen LogP contribution < -0.4 is 4.74 Å². The molecule has 0 N–H and O–H groups in total. The van der Waals surface area contributed by atoms with Crippen molar-refractivity contribution in [1.29, 1.82) is 0 Å². The van der Waals surface area contributed by atoms with E-state index in [0.29, 0.717) is 23.7 Å². The van der Waals surface area contributed by atoms with Crippen molar-refractivity contribution in [2.45, 2.75) is 71.1 Å². The Morgan fingerprint density at radius 2 is 2.06 bits per heavy atom. The molecule has 2 heterocycles. The number of hydrogen-bond donors (Lipinski definition) is 0. The van der Waals surface area contributed by atoms with Gasteiger partial charge in [-0.2, -0.15) is 0 Å². The quantitative estimate of drug-likeness (QED) is 0.244. The van der Waals surface area contributed by atoms with E-state index in [1.54, 1.807) is 13.8 Å². The van der Waals surface area contributed by atoms with Crippen LogP contribution in [0.4, 0.5) is 5.69 Å². The number of ether oxygens (including phenoxy) is 3. The molecule has 9 heteroatoms. The number of rotatable bonds is 9. The Morgan fingerprint density at radius 3 is 2.72 bits per heavy atom. The van der Waals surface area contributed by atoms with Gasteiger partial charge in [0.15, 0.2) is 6.10 Å². The van der Waals surface area contributed by atoms with Gasteiger partial charge in [0.05, 0.1) is 18.1 Å². The van der Waals surface area contributed by atoms with Crippen molar-refractivity contribution in [3.05, 3.63) is 45.7 Å². The lowest BCUT2D eigenvalue weighted by atomic mass is 9.85. The molecule has 0 radical (unpaired) electrons. The molecule has 0 spiro atoms. The van der Waals surface area contributed by atoms with Crippen molar-refractivity contribution in [2.75, 3.05) is 13.2 Å². The highest BCUT2D eigenvalue weighted by atomic mass is 16.6. The van der Waals surface area contributed by atoms with Crippen molar-refractivity contribution in [2.24, 2.45) is 0 Å². The largest absolute Gasteiger partial charge is 0.496 e. The van der Waals surface area contributed by atoms with Gasteiger partial charge in [0, 0.05) is 30.7 Å². The number of non-ortho nitro benzene ring substituents is 1. The number of fused-ring (bicyclic) bond motifs is 1. The van der Waals surface area contributed by atoms with E-state index in [1.165, 1.54) is 36.1 Å². The topological polar surface area (TPSA) is 108 Å². The Bertz CT molecular complexity index is 925. The molecule has 0 bridgehead atoms. The first kappa shape index (κ1) is 23.6. The number of carbonyl (C=O) groups is 2. The van der Waals surface area contributed by atoms with E-state index in [1.807, 2.05) is 0 Å². The summed E-state index contributed by atoms with van der Waals surface area (Å²) in [4.78, 5) is 37.2. The van der Waals surface area contributed by atoms with E-state index in [9.17, 15) is 19.7 Å². The summed E-state index contributed by atoms with van der Waals surface area (Å²) in [6.07, 6.45) is 4.78. The third-order valence-corrected chi connectivity index (χ3v) is 5.68. The number of nitrogens with zero attached hydrogens (tertiary/aromatic N) is 2. The van der Waals surface area contributed by atoms with Gasteiger partial charge >= 0.3 is 5.97 Å². The van der Waals surface area contributed by atoms with E-state index < -0.39 is 28.6 Å². The van der Waals surface area contributed by atoms with Gasteiger partial charge in [-0.3, -0.25) is 19.7 Å². The number of benzene rings is 1. The SMILES string of the molecule is CCCCCCOC1=CC(=O)N([C@@H]2c3cc([N+](=O)[O-])ccc3OC(C)(C)[C@H]2OC(C)=O)C1. The summed E-state index contributed by atoms with van der Waals surface area (Å²) in [5.74, 6) is 0.114. The summed E-state index contributed by atoms with van der Waals surface area (Å²) >= 11 is 0. The highest BCUT2D eigenvalue weighted by Crippen LogP contribution is 2.46. The van der Waals surface area contributed by atoms with E-state index in [-0.39, 0.29) is 18.1 Å². The Hall–Kier alpha value is -3.10. The monoisotopic (exact) mass is 446 g/mol. The number of esters is 1.